The van der Waals surface area contributed by atoms with Gasteiger partial charge in [0.25, 0.3) is 0 Å². The van der Waals surface area contributed by atoms with Crippen LogP contribution in [-0.2, 0) is 11.3 Å². The number of ether oxygens (including phenoxy) is 1. The van der Waals surface area contributed by atoms with Crippen LogP contribution in [0, 0.1) is 17.1 Å². The molecule has 0 radical (unpaired) electrons. The second-order valence-electron chi connectivity index (χ2n) is 2.95. The van der Waals surface area contributed by atoms with Crippen LogP contribution in [0.2, 0.25) is 0 Å². The molecule has 0 spiro atoms. The number of hydrogen-bond acceptors (Lipinski definition) is 4. The maximum Gasteiger partial charge on any atom is 0.339 e. The maximum absolute atomic E-state index is 13.3. The molecular formula is C11H10FNO3. The predicted molar refractivity (Wildman–Crippen MR) is 53.0 cm³/mol. The number of esters is 1. The number of aliphatic hydroxyl groups is 1. The molecule has 0 bridgehead atoms. The van der Waals surface area contributed by atoms with Gasteiger partial charge in [0, 0.05) is 0 Å². The molecule has 1 N–H and O–H groups in total. The van der Waals surface area contributed by atoms with Gasteiger partial charge in [-0.2, -0.15) is 5.26 Å². The Labute approximate surface area is 91.9 Å². The lowest BCUT2D eigenvalue weighted by Gasteiger charge is -2.08. The van der Waals surface area contributed by atoms with Gasteiger partial charge in [0.15, 0.2) is 0 Å². The van der Waals surface area contributed by atoms with Crippen molar-refractivity contribution in [3.05, 3.63) is 34.6 Å². The van der Waals surface area contributed by atoms with Crippen molar-refractivity contribution < 1.29 is 19.0 Å². The highest BCUT2D eigenvalue weighted by Gasteiger charge is 2.20. The average Bonchev–Trinajstić information content (AvgIpc) is 2.28. The van der Waals surface area contributed by atoms with Gasteiger partial charge in [0.2, 0.25) is 0 Å². The Hall–Kier alpha value is -1.93. The van der Waals surface area contributed by atoms with Crippen molar-refractivity contribution in [2.45, 2.75) is 13.5 Å². The number of carbonyl (C=O) groups is 1. The first-order valence-electron chi connectivity index (χ1n) is 4.65. The van der Waals surface area contributed by atoms with E-state index in [1.165, 1.54) is 6.07 Å². The molecule has 0 heterocycles. The van der Waals surface area contributed by atoms with Gasteiger partial charge in [0.05, 0.1) is 18.8 Å². The Bertz CT molecular complexity index is 451. The smallest absolute Gasteiger partial charge is 0.339 e. The van der Waals surface area contributed by atoms with Crippen LogP contribution in [0.3, 0.4) is 0 Å². The van der Waals surface area contributed by atoms with Gasteiger partial charge in [-0.05, 0) is 18.6 Å². The van der Waals surface area contributed by atoms with Gasteiger partial charge in [-0.25, -0.2) is 9.18 Å². The molecule has 0 aliphatic heterocycles. The number of nitrogens with zero attached hydrogens (tertiary/aromatic N) is 1. The van der Waals surface area contributed by atoms with Crippen molar-refractivity contribution in [3.63, 3.8) is 0 Å². The van der Waals surface area contributed by atoms with E-state index in [4.69, 9.17) is 15.1 Å². The van der Waals surface area contributed by atoms with Crippen LogP contribution in [0.25, 0.3) is 0 Å². The number of carbonyl (C=O) groups excluding carboxylic acids is 1. The summed E-state index contributed by atoms with van der Waals surface area (Å²) in [6, 6.07) is 3.88. The van der Waals surface area contributed by atoms with Crippen molar-refractivity contribution in [1.29, 1.82) is 5.26 Å². The molecule has 84 valence electrons. The first kappa shape index (κ1) is 12.1. The minimum absolute atomic E-state index is 0.116. The van der Waals surface area contributed by atoms with E-state index in [9.17, 15) is 9.18 Å². The zero-order chi connectivity index (χ0) is 12.1. The van der Waals surface area contributed by atoms with Crippen LogP contribution in [0.5, 0.6) is 0 Å². The second-order valence-corrected chi connectivity index (χ2v) is 2.95. The topological polar surface area (TPSA) is 70.3 Å². The molecule has 0 aromatic heterocycles. The molecule has 0 atom stereocenters. The Morgan fingerprint density at radius 2 is 2.31 bits per heavy atom. The zero-order valence-electron chi connectivity index (χ0n) is 8.66. The van der Waals surface area contributed by atoms with Crippen LogP contribution >= 0.6 is 0 Å². The lowest BCUT2D eigenvalue weighted by molar-refractivity contribution is 0.0522. The van der Waals surface area contributed by atoms with Crippen LogP contribution in [0.4, 0.5) is 4.39 Å². The van der Waals surface area contributed by atoms with Crippen molar-refractivity contribution in [2.24, 2.45) is 0 Å². The number of benzene rings is 1. The predicted octanol–water partition coefficient (Wildman–Crippen LogP) is 1.37. The first-order valence-corrected chi connectivity index (χ1v) is 4.65. The molecule has 5 heteroatoms. The van der Waals surface area contributed by atoms with Crippen LogP contribution < -0.4 is 0 Å². The molecule has 0 saturated carbocycles. The summed E-state index contributed by atoms with van der Waals surface area (Å²) in [5.41, 5.74) is -0.423. The van der Waals surface area contributed by atoms with Gasteiger partial charge in [-0.1, -0.05) is 6.07 Å². The molecule has 0 fully saturated rings. The quantitative estimate of drug-likeness (QED) is 0.785. The highest BCUT2D eigenvalue weighted by atomic mass is 19.1. The molecule has 0 aliphatic carbocycles. The Morgan fingerprint density at radius 3 is 2.81 bits per heavy atom. The van der Waals surface area contributed by atoms with E-state index < -0.39 is 24.0 Å². The Kier molecular flexibility index (Phi) is 3.97. The van der Waals surface area contributed by atoms with Crippen molar-refractivity contribution in [3.8, 4) is 6.07 Å². The van der Waals surface area contributed by atoms with E-state index in [0.29, 0.717) is 0 Å². The summed E-state index contributed by atoms with van der Waals surface area (Å²) >= 11 is 0. The van der Waals surface area contributed by atoms with Crippen molar-refractivity contribution in [2.75, 3.05) is 6.61 Å². The third kappa shape index (κ3) is 2.18. The molecule has 0 amide bonds. The molecular weight excluding hydrogens is 213 g/mol. The number of nitriles is 1. The van der Waals surface area contributed by atoms with E-state index in [1.54, 1.807) is 13.0 Å². The average molecular weight is 223 g/mol. The number of hydrogen-bond donors (Lipinski definition) is 1. The monoisotopic (exact) mass is 223 g/mol. The van der Waals surface area contributed by atoms with Gasteiger partial charge >= 0.3 is 5.97 Å². The molecule has 0 aliphatic rings. The molecule has 16 heavy (non-hydrogen) atoms. The molecule has 0 saturated heterocycles. The van der Waals surface area contributed by atoms with E-state index >= 15 is 0 Å². The zero-order valence-corrected chi connectivity index (χ0v) is 8.66. The van der Waals surface area contributed by atoms with E-state index in [2.05, 4.69) is 0 Å². The van der Waals surface area contributed by atoms with E-state index in [0.717, 1.165) is 6.07 Å². The fourth-order valence-corrected chi connectivity index (χ4v) is 1.30. The SMILES string of the molecule is CCOC(=O)c1c(CO)ccc(F)c1C#N. The van der Waals surface area contributed by atoms with Gasteiger partial charge in [0.1, 0.15) is 17.4 Å². The minimum Gasteiger partial charge on any atom is -0.462 e. The number of rotatable bonds is 3. The summed E-state index contributed by atoms with van der Waals surface area (Å²) in [5.74, 6) is -1.61. The van der Waals surface area contributed by atoms with E-state index in [1.807, 2.05) is 0 Å². The summed E-state index contributed by atoms with van der Waals surface area (Å²) in [6.45, 7) is 1.26. The lowest BCUT2D eigenvalue weighted by Crippen LogP contribution is -2.12. The highest BCUT2D eigenvalue weighted by molar-refractivity contribution is 5.94. The molecule has 4 nitrogen and oxygen atoms in total. The van der Waals surface area contributed by atoms with Crippen LogP contribution in [-0.4, -0.2) is 17.7 Å². The molecule has 1 aromatic carbocycles. The van der Waals surface area contributed by atoms with Gasteiger partial charge in [-0.15, -0.1) is 0 Å². The highest BCUT2D eigenvalue weighted by Crippen LogP contribution is 2.19. The third-order valence-corrected chi connectivity index (χ3v) is 2.00. The van der Waals surface area contributed by atoms with Crippen LogP contribution in [0.1, 0.15) is 28.4 Å². The molecule has 0 unspecified atom stereocenters. The third-order valence-electron chi connectivity index (χ3n) is 2.00. The van der Waals surface area contributed by atoms with E-state index in [-0.39, 0.29) is 17.7 Å². The standard InChI is InChI=1S/C11H10FNO3/c1-2-16-11(15)10-7(6-14)3-4-9(12)8(10)5-13/h3-4,14H,2,6H2,1H3. The normalized spacial score (nSPS) is 9.62. The summed E-state index contributed by atoms with van der Waals surface area (Å²) in [6.07, 6.45) is 0. The first-order chi connectivity index (χ1) is 7.65. The Morgan fingerprint density at radius 1 is 1.62 bits per heavy atom. The lowest BCUT2D eigenvalue weighted by atomic mass is 10.0. The number of halogens is 1. The largest absolute Gasteiger partial charge is 0.462 e. The Balaban J connectivity index is 3.37. The van der Waals surface area contributed by atoms with Gasteiger partial charge in [-0.3, -0.25) is 0 Å². The minimum atomic E-state index is -0.803. The van der Waals surface area contributed by atoms with Gasteiger partial charge < -0.3 is 9.84 Å². The number of aliphatic hydroxyl groups excluding tert-OH is 1. The summed E-state index contributed by atoms with van der Waals surface area (Å²) in [7, 11) is 0. The summed E-state index contributed by atoms with van der Waals surface area (Å²) in [4.78, 5) is 11.5. The summed E-state index contributed by atoms with van der Waals surface area (Å²) < 4.78 is 18.0. The van der Waals surface area contributed by atoms with Crippen LogP contribution in [0.15, 0.2) is 12.1 Å². The fraction of sp³-hybridized carbons (Fsp3) is 0.273. The summed E-state index contributed by atoms with van der Waals surface area (Å²) in [5, 5.41) is 17.8. The molecule has 1 aromatic rings. The second kappa shape index (κ2) is 5.24. The van der Waals surface area contributed by atoms with Crippen molar-refractivity contribution in [1.82, 2.24) is 0 Å². The van der Waals surface area contributed by atoms with Crippen molar-refractivity contribution >= 4 is 5.97 Å². The fourth-order valence-electron chi connectivity index (χ4n) is 1.30. The molecule has 1 rings (SSSR count). The maximum atomic E-state index is 13.3.